The smallest absolute Gasteiger partial charge is 0.135 e. The van der Waals surface area contributed by atoms with Crippen molar-refractivity contribution in [2.24, 2.45) is 5.73 Å². The summed E-state index contributed by atoms with van der Waals surface area (Å²) in [6, 6.07) is 0. The highest BCUT2D eigenvalue weighted by atomic mass is 14.9. The molecule has 0 bridgehead atoms. The van der Waals surface area contributed by atoms with Gasteiger partial charge in [0, 0.05) is 12.4 Å². The zero-order valence-electron chi connectivity index (χ0n) is 6.28. The Labute approximate surface area is 65.0 Å². The van der Waals surface area contributed by atoms with E-state index in [0.29, 0.717) is 11.4 Å². The SMILES string of the molecule is CN.N=Cc1cncnc1N. The third kappa shape index (κ3) is 2.72. The average Bonchev–Trinajstić information content (AvgIpc) is 2.09. The van der Waals surface area contributed by atoms with E-state index in [2.05, 4.69) is 15.7 Å². The van der Waals surface area contributed by atoms with Crippen LogP contribution in [-0.2, 0) is 0 Å². The van der Waals surface area contributed by atoms with Gasteiger partial charge in [-0.15, -0.1) is 0 Å². The highest BCUT2D eigenvalue weighted by Crippen LogP contribution is 1.98. The van der Waals surface area contributed by atoms with E-state index in [1.165, 1.54) is 19.6 Å². The average molecular weight is 153 g/mol. The van der Waals surface area contributed by atoms with Gasteiger partial charge < -0.3 is 16.9 Å². The molecule has 0 radical (unpaired) electrons. The van der Waals surface area contributed by atoms with E-state index in [-0.39, 0.29) is 0 Å². The van der Waals surface area contributed by atoms with Gasteiger partial charge >= 0.3 is 0 Å². The molecule has 11 heavy (non-hydrogen) atoms. The molecular formula is C6H11N5. The van der Waals surface area contributed by atoms with Gasteiger partial charge in [0.05, 0.1) is 5.56 Å². The Kier molecular flexibility index (Phi) is 4.59. The second kappa shape index (κ2) is 5.31. The lowest BCUT2D eigenvalue weighted by Crippen LogP contribution is -1.96. The quantitative estimate of drug-likeness (QED) is 0.479. The number of nitrogens with zero attached hydrogens (tertiary/aromatic N) is 2. The molecule has 0 atom stereocenters. The second-order valence-corrected chi connectivity index (χ2v) is 1.51. The van der Waals surface area contributed by atoms with Crippen molar-refractivity contribution in [1.82, 2.24) is 9.97 Å². The lowest BCUT2D eigenvalue weighted by Gasteiger charge is -1.92. The largest absolute Gasteiger partial charge is 0.383 e. The Balaban J connectivity index is 0.000000461. The minimum atomic E-state index is 0.347. The topological polar surface area (TPSA) is 102 Å². The van der Waals surface area contributed by atoms with Crippen LogP contribution >= 0.6 is 0 Å². The molecule has 0 aromatic carbocycles. The van der Waals surface area contributed by atoms with Crippen LogP contribution in [-0.4, -0.2) is 23.2 Å². The molecule has 0 aliphatic rings. The van der Waals surface area contributed by atoms with E-state index in [9.17, 15) is 0 Å². The van der Waals surface area contributed by atoms with Crippen LogP contribution in [0.3, 0.4) is 0 Å². The fraction of sp³-hybridized carbons (Fsp3) is 0.167. The molecular weight excluding hydrogens is 142 g/mol. The van der Waals surface area contributed by atoms with Crippen LogP contribution in [0.2, 0.25) is 0 Å². The first-order chi connectivity index (χ1) is 5.34. The summed E-state index contributed by atoms with van der Waals surface area (Å²) in [6.45, 7) is 0. The van der Waals surface area contributed by atoms with Gasteiger partial charge in [0.15, 0.2) is 0 Å². The Morgan fingerprint density at radius 1 is 1.55 bits per heavy atom. The summed E-state index contributed by atoms with van der Waals surface area (Å²) in [5.41, 5.74) is 10.4. The van der Waals surface area contributed by atoms with Gasteiger partial charge in [-0.25, -0.2) is 9.97 Å². The van der Waals surface area contributed by atoms with Crippen LogP contribution in [0.25, 0.3) is 0 Å². The molecule has 1 aromatic heterocycles. The second-order valence-electron chi connectivity index (χ2n) is 1.51. The number of nitrogens with one attached hydrogen (secondary N) is 1. The van der Waals surface area contributed by atoms with Crippen molar-refractivity contribution in [2.75, 3.05) is 12.8 Å². The van der Waals surface area contributed by atoms with E-state index in [1.807, 2.05) is 0 Å². The first kappa shape index (κ1) is 9.51. The molecule has 5 N–H and O–H groups in total. The zero-order chi connectivity index (χ0) is 8.69. The molecule has 0 saturated carbocycles. The summed E-state index contributed by atoms with van der Waals surface area (Å²) in [5.74, 6) is 0.347. The molecule has 0 aliphatic heterocycles. The number of hydrogen-bond donors (Lipinski definition) is 3. The first-order valence-corrected chi connectivity index (χ1v) is 2.98. The van der Waals surface area contributed by atoms with Crippen LogP contribution < -0.4 is 11.5 Å². The van der Waals surface area contributed by atoms with Crippen LogP contribution in [0.15, 0.2) is 12.5 Å². The standard InChI is InChI=1S/C5H6N4.CH5N/c6-1-4-2-8-3-9-5(4)7;1-2/h1-3,6H,(H2,7,8,9);2H2,1H3. The lowest BCUT2D eigenvalue weighted by atomic mass is 10.3. The van der Waals surface area contributed by atoms with Crippen molar-refractivity contribution in [3.8, 4) is 0 Å². The third-order valence-electron chi connectivity index (χ3n) is 0.928. The molecule has 0 amide bonds. The van der Waals surface area contributed by atoms with Crippen molar-refractivity contribution in [3.63, 3.8) is 0 Å². The Hall–Kier alpha value is -1.49. The minimum absolute atomic E-state index is 0.347. The molecule has 0 aliphatic carbocycles. The molecule has 0 fully saturated rings. The van der Waals surface area contributed by atoms with Crippen molar-refractivity contribution in [1.29, 1.82) is 5.41 Å². The van der Waals surface area contributed by atoms with Gasteiger partial charge in [-0.3, -0.25) is 0 Å². The summed E-state index contributed by atoms with van der Waals surface area (Å²) in [5, 5.41) is 6.80. The van der Waals surface area contributed by atoms with Crippen LogP contribution in [0, 0.1) is 5.41 Å². The van der Waals surface area contributed by atoms with E-state index in [0.717, 1.165) is 6.21 Å². The van der Waals surface area contributed by atoms with E-state index < -0.39 is 0 Å². The third-order valence-corrected chi connectivity index (χ3v) is 0.928. The fourth-order valence-corrected chi connectivity index (χ4v) is 0.461. The first-order valence-electron chi connectivity index (χ1n) is 2.98. The normalized spacial score (nSPS) is 7.82. The number of nitrogens with two attached hydrogens (primary N) is 2. The highest BCUT2D eigenvalue weighted by molar-refractivity contribution is 5.82. The summed E-state index contributed by atoms with van der Waals surface area (Å²) >= 11 is 0. The van der Waals surface area contributed by atoms with Gasteiger partial charge in [0.1, 0.15) is 12.1 Å². The molecule has 0 unspecified atom stereocenters. The van der Waals surface area contributed by atoms with E-state index in [4.69, 9.17) is 11.1 Å². The monoisotopic (exact) mass is 153 g/mol. The van der Waals surface area contributed by atoms with Crippen LogP contribution in [0.5, 0.6) is 0 Å². The summed E-state index contributed by atoms with van der Waals surface area (Å²) < 4.78 is 0. The molecule has 60 valence electrons. The minimum Gasteiger partial charge on any atom is -0.383 e. The number of aromatic nitrogens is 2. The predicted molar refractivity (Wildman–Crippen MR) is 44.4 cm³/mol. The van der Waals surface area contributed by atoms with Crippen molar-refractivity contribution < 1.29 is 0 Å². The fourth-order valence-electron chi connectivity index (χ4n) is 0.461. The molecule has 1 heterocycles. The number of rotatable bonds is 1. The maximum atomic E-state index is 6.80. The molecule has 0 spiro atoms. The molecule has 0 saturated heterocycles. The maximum absolute atomic E-state index is 6.80. The number of nitrogen functional groups attached to an aromatic ring is 1. The maximum Gasteiger partial charge on any atom is 0.135 e. The van der Waals surface area contributed by atoms with Gasteiger partial charge in [-0.05, 0) is 7.05 Å². The molecule has 5 heteroatoms. The lowest BCUT2D eigenvalue weighted by molar-refractivity contribution is 1.17. The summed E-state index contributed by atoms with van der Waals surface area (Å²) in [7, 11) is 1.50. The van der Waals surface area contributed by atoms with Crippen molar-refractivity contribution in [2.45, 2.75) is 0 Å². The highest BCUT2D eigenvalue weighted by Gasteiger charge is 1.91. The Morgan fingerprint density at radius 2 is 2.18 bits per heavy atom. The molecule has 1 aromatic rings. The van der Waals surface area contributed by atoms with Crippen LogP contribution in [0.4, 0.5) is 5.82 Å². The Morgan fingerprint density at radius 3 is 2.55 bits per heavy atom. The van der Waals surface area contributed by atoms with Gasteiger partial charge in [-0.1, -0.05) is 0 Å². The summed E-state index contributed by atoms with van der Waals surface area (Å²) in [4.78, 5) is 7.34. The van der Waals surface area contributed by atoms with E-state index >= 15 is 0 Å². The Bertz CT molecular complexity index is 222. The molecule has 5 nitrogen and oxygen atoms in total. The zero-order valence-corrected chi connectivity index (χ0v) is 6.28. The molecule has 1 rings (SSSR count). The number of hydrogen-bond acceptors (Lipinski definition) is 5. The van der Waals surface area contributed by atoms with Gasteiger partial charge in [0.2, 0.25) is 0 Å². The van der Waals surface area contributed by atoms with Gasteiger partial charge in [0.25, 0.3) is 0 Å². The van der Waals surface area contributed by atoms with Crippen LogP contribution in [0.1, 0.15) is 5.56 Å². The predicted octanol–water partition coefficient (Wildman–Crippen LogP) is -0.369. The number of anilines is 1. The van der Waals surface area contributed by atoms with Crippen molar-refractivity contribution in [3.05, 3.63) is 18.1 Å². The van der Waals surface area contributed by atoms with Gasteiger partial charge in [-0.2, -0.15) is 0 Å². The van der Waals surface area contributed by atoms with Crippen molar-refractivity contribution >= 4 is 12.0 Å². The summed E-state index contributed by atoms with van der Waals surface area (Å²) in [6.07, 6.45) is 3.97. The van der Waals surface area contributed by atoms with E-state index in [1.54, 1.807) is 0 Å².